The van der Waals surface area contributed by atoms with Crippen molar-refractivity contribution in [3.8, 4) is 11.5 Å². The maximum Gasteiger partial charge on any atom is 0.416 e. The molecular formula is C32H36F3N5O2. The summed E-state index contributed by atoms with van der Waals surface area (Å²) in [5.74, 6) is 1.33. The van der Waals surface area contributed by atoms with Gasteiger partial charge < -0.3 is 20.3 Å². The number of aryl methyl sites for hydroxylation is 1. The molecule has 7 nitrogen and oxygen atoms in total. The number of rotatable bonds is 13. The second-order valence-electron chi connectivity index (χ2n) is 9.94. The minimum absolute atomic E-state index is 0.0915. The van der Waals surface area contributed by atoms with Gasteiger partial charge in [0.25, 0.3) is 0 Å². The summed E-state index contributed by atoms with van der Waals surface area (Å²) >= 11 is 0. The molecule has 10 heteroatoms. The van der Waals surface area contributed by atoms with E-state index in [4.69, 9.17) is 4.74 Å². The van der Waals surface area contributed by atoms with E-state index in [0.29, 0.717) is 42.1 Å². The lowest BCUT2D eigenvalue weighted by atomic mass is 10.0. The molecule has 2 aromatic carbocycles. The van der Waals surface area contributed by atoms with Crippen molar-refractivity contribution < 1.29 is 22.7 Å². The van der Waals surface area contributed by atoms with Crippen LogP contribution in [0.5, 0.6) is 11.5 Å². The first kappa shape index (κ1) is 30.8. The van der Waals surface area contributed by atoms with E-state index in [0.717, 1.165) is 44.5 Å². The molecule has 0 spiro atoms. The lowest BCUT2D eigenvalue weighted by molar-refractivity contribution is -0.138. The SMILES string of the molecule is CCCN(CC)CCCc1ccc(NC(=O)/C=C/c2cccc(Oc3ccnc(C4=NCCN4)c3)c2)cc1C(F)(F)F. The van der Waals surface area contributed by atoms with Gasteiger partial charge in [-0.15, -0.1) is 0 Å². The Labute approximate surface area is 244 Å². The standard InChI is InChI=1S/C32H36F3N5O2/c1-3-18-40(4-2)19-6-8-24-11-12-25(21-28(24)32(33,34)35)39-30(41)13-10-23-7-5-9-26(20-23)42-27-14-15-36-29(22-27)31-37-16-17-38-31/h5,7,9-15,20-22H,3-4,6,8,16-19H2,1-2H3,(H,37,38)(H,39,41)/b13-10+. The van der Waals surface area contributed by atoms with Crippen LogP contribution >= 0.6 is 0 Å². The van der Waals surface area contributed by atoms with Gasteiger partial charge in [-0.3, -0.25) is 14.8 Å². The predicted octanol–water partition coefficient (Wildman–Crippen LogP) is 6.56. The summed E-state index contributed by atoms with van der Waals surface area (Å²) in [5.41, 5.74) is 0.981. The molecule has 0 saturated carbocycles. The van der Waals surface area contributed by atoms with Crippen molar-refractivity contribution in [1.29, 1.82) is 0 Å². The number of aliphatic imine (C=N–C) groups is 1. The predicted molar refractivity (Wildman–Crippen MR) is 160 cm³/mol. The van der Waals surface area contributed by atoms with E-state index in [1.165, 1.54) is 18.2 Å². The molecule has 1 aliphatic heterocycles. The third kappa shape index (κ3) is 8.91. The molecule has 0 radical (unpaired) electrons. The van der Waals surface area contributed by atoms with Crippen molar-refractivity contribution >= 4 is 23.5 Å². The van der Waals surface area contributed by atoms with Crippen LogP contribution in [-0.4, -0.2) is 54.4 Å². The molecule has 42 heavy (non-hydrogen) atoms. The second-order valence-corrected chi connectivity index (χ2v) is 9.94. The lowest BCUT2D eigenvalue weighted by Gasteiger charge is -2.20. The molecule has 0 saturated heterocycles. The Morgan fingerprint density at radius 2 is 1.93 bits per heavy atom. The van der Waals surface area contributed by atoms with Crippen LogP contribution in [0.3, 0.4) is 0 Å². The average Bonchev–Trinajstić information content (AvgIpc) is 3.51. The Hall–Kier alpha value is -4.18. The zero-order valence-electron chi connectivity index (χ0n) is 23.9. The van der Waals surface area contributed by atoms with Crippen molar-refractivity contribution in [3.05, 3.63) is 89.3 Å². The molecule has 1 aromatic heterocycles. The number of amidine groups is 1. The molecule has 4 rings (SSSR count). The monoisotopic (exact) mass is 579 g/mol. The van der Waals surface area contributed by atoms with Crippen molar-refractivity contribution in [3.63, 3.8) is 0 Å². The number of alkyl halides is 3. The summed E-state index contributed by atoms with van der Waals surface area (Å²) in [6.07, 6.45) is 1.93. The van der Waals surface area contributed by atoms with Crippen LogP contribution in [0.2, 0.25) is 0 Å². The number of amides is 1. The van der Waals surface area contributed by atoms with E-state index in [1.54, 1.807) is 48.7 Å². The van der Waals surface area contributed by atoms with Crippen LogP contribution in [0, 0.1) is 0 Å². The van der Waals surface area contributed by atoms with E-state index >= 15 is 0 Å². The summed E-state index contributed by atoms with van der Waals surface area (Å²) in [6.45, 7) is 8.16. The van der Waals surface area contributed by atoms with Gasteiger partial charge in [0.2, 0.25) is 5.91 Å². The summed E-state index contributed by atoms with van der Waals surface area (Å²) < 4.78 is 47.5. The van der Waals surface area contributed by atoms with Crippen LogP contribution < -0.4 is 15.4 Å². The Bertz CT molecular complexity index is 1420. The first-order valence-corrected chi connectivity index (χ1v) is 14.2. The van der Waals surface area contributed by atoms with Gasteiger partial charge in [0.15, 0.2) is 0 Å². The molecule has 2 heterocycles. The van der Waals surface area contributed by atoms with Crippen molar-refractivity contribution in [1.82, 2.24) is 15.2 Å². The number of benzene rings is 2. The molecule has 1 amide bonds. The number of pyridine rings is 1. The van der Waals surface area contributed by atoms with Gasteiger partial charge in [0.1, 0.15) is 23.0 Å². The van der Waals surface area contributed by atoms with Crippen molar-refractivity contribution in [2.75, 3.05) is 38.0 Å². The maximum absolute atomic E-state index is 13.8. The van der Waals surface area contributed by atoms with Gasteiger partial charge in [0.05, 0.1) is 12.1 Å². The van der Waals surface area contributed by atoms with Crippen molar-refractivity contribution in [2.24, 2.45) is 4.99 Å². The number of carbonyl (C=O) groups excluding carboxylic acids is 1. The second kappa shape index (κ2) is 14.6. The highest BCUT2D eigenvalue weighted by molar-refractivity contribution is 6.02. The van der Waals surface area contributed by atoms with E-state index in [-0.39, 0.29) is 11.3 Å². The molecular weight excluding hydrogens is 543 g/mol. The first-order chi connectivity index (χ1) is 20.2. The molecule has 0 unspecified atom stereocenters. The first-order valence-electron chi connectivity index (χ1n) is 14.2. The fourth-order valence-corrected chi connectivity index (χ4v) is 4.72. The highest BCUT2D eigenvalue weighted by Crippen LogP contribution is 2.34. The number of carbonyl (C=O) groups is 1. The molecule has 0 aliphatic carbocycles. The average molecular weight is 580 g/mol. The smallest absolute Gasteiger partial charge is 0.416 e. The summed E-state index contributed by atoms with van der Waals surface area (Å²) in [4.78, 5) is 23.5. The minimum Gasteiger partial charge on any atom is -0.457 e. The Kier molecular flexibility index (Phi) is 10.7. The Morgan fingerprint density at radius 1 is 1.10 bits per heavy atom. The zero-order valence-corrected chi connectivity index (χ0v) is 23.9. The van der Waals surface area contributed by atoms with E-state index in [9.17, 15) is 18.0 Å². The fraction of sp³-hybridized carbons (Fsp3) is 0.344. The van der Waals surface area contributed by atoms with Crippen LogP contribution in [0.4, 0.5) is 18.9 Å². The largest absolute Gasteiger partial charge is 0.457 e. The fourth-order valence-electron chi connectivity index (χ4n) is 4.72. The highest BCUT2D eigenvalue weighted by atomic mass is 19.4. The number of ether oxygens (including phenoxy) is 1. The lowest BCUT2D eigenvalue weighted by Crippen LogP contribution is -2.25. The van der Waals surface area contributed by atoms with Crippen LogP contribution in [0.1, 0.15) is 49.1 Å². The normalized spacial score (nSPS) is 13.3. The number of aromatic nitrogens is 1. The topological polar surface area (TPSA) is 78.9 Å². The van der Waals surface area contributed by atoms with E-state index in [1.807, 2.05) is 0 Å². The molecule has 222 valence electrons. The third-order valence-corrected chi connectivity index (χ3v) is 6.76. The number of nitrogens with zero attached hydrogens (tertiary/aromatic N) is 3. The number of hydrogen-bond donors (Lipinski definition) is 2. The molecule has 0 atom stereocenters. The van der Waals surface area contributed by atoms with Gasteiger partial charge in [-0.2, -0.15) is 13.2 Å². The zero-order chi connectivity index (χ0) is 30.0. The minimum atomic E-state index is -4.52. The third-order valence-electron chi connectivity index (χ3n) is 6.76. The number of anilines is 1. The van der Waals surface area contributed by atoms with Crippen LogP contribution in [0.15, 0.2) is 71.9 Å². The summed E-state index contributed by atoms with van der Waals surface area (Å²) in [7, 11) is 0. The molecule has 3 aromatic rings. The number of hydrogen-bond acceptors (Lipinski definition) is 6. The van der Waals surface area contributed by atoms with Crippen molar-refractivity contribution in [2.45, 2.75) is 39.3 Å². The number of halogens is 3. The van der Waals surface area contributed by atoms with E-state index in [2.05, 4.69) is 39.4 Å². The van der Waals surface area contributed by atoms with Gasteiger partial charge in [-0.05, 0) is 86.4 Å². The van der Waals surface area contributed by atoms with Crippen LogP contribution in [-0.2, 0) is 17.4 Å². The molecule has 1 aliphatic rings. The van der Waals surface area contributed by atoms with Gasteiger partial charge >= 0.3 is 6.18 Å². The maximum atomic E-state index is 13.8. The summed E-state index contributed by atoms with van der Waals surface area (Å²) in [5, 5.41) is 5.73. The molecule has 0 fully saturated rings. The number of nitrogens with one attached hydrogen (secondary N) is 2. The Morgan fingerprint density at radius 3 is 2.67 bits per heavy atom. The van der Waals surface area contributed by atoms with Gasteiger partial charge in [-0.25, -0.2) is 0 Å². The van der Waals surface area contributed by atoms with Gasteiger partial charge in [-0.1, -0.05) is 32.0 Å². The van der Waals surface area contributed by atoms with Crippen LogP contribution in [0.25, 0.3) is 6.08 Å². The quantitative estimate of drug-likeness (QED) is 0.224. The molecule has 2 N–H and O–H groups in total. The highest BCUT2D eigenvalue weighted by Gasteiger charge is 2.33. The summed E-state index contributed by atoms with van der Waals surface area (Å²) in [6, 6.07) is 14.6. The molecule has 0 bridgehead atoms. The van der Waals surface area contributed by atoms with Gasteiger partial charge in [0, 0.05) is 30.6 Å². The van der Waals surface area contributed by atoms with E-state index < -0.39 is 17.6 Å². The Balaban J connectivity index is 1.38.